The van der Waals surface area contributed by atoms with E-state index in [9.17, 15) is 13.2 Å². The summed E-state index contributed by atoms with van der Waals surface area (Å²) >= 11 is 11.8. The number of aryl methyl sites for hydroxylation is 2. The van der Waals surface area contributed by atoms with Crippen molar-refractivity contribution in [1.82, 2.24) is 0 Å². The number of benzene rings is 2. The molecule has 0 aliphatic carbocycles. The molecule has 0 aliphatic rings. The van der Waals surface area contributed by atoms with Crippen molar-refractivity contribution < 1.29 is 13.2 Å². The van der Waals surface area contributed by atoms with Crippen molar-refractivity contribution in [1.29, 1.82) is 0 Å². The summed E-state index contributed by atoms with van der Waals surface area (Å²) in [5, 5.41) is 3.29. The summed E-state index contributed by atoms with van der Waals surface area (Å²) in [6.07, 6.45) is 1.07. The summed E-state index contributed by atoms with van der Waals surface area (Å²) in [5.41, 5.74) is 2.71. The summed E-state index contributed by atoms with van der Waals surface area (Å²) in [6, 6.07) is 10.0. The van der Waals surface area contributed by atoms with Crippen LogP contribution >= 0.6 is 23.2 Å². The molecule has 0 bridgehead atoms. The molecule has 5 nitrogen and oxygen atoms in total. The smallest absolute Gasteiger partial charge is 0.245 e. The Morgan fingerprint density at radius 3 is 2.16 bits per heavy atom. The van der Waals surface area contributed by atoms with Crippen LogP contribution in [0.4, 0.5) is 11.4 Å². The third kappa shape index (κ3) is 5.36. The Morgan fingerprint density at radius 2 is 1.64 bits per heavy atom. The first-order valence-electron chi connectivity index (χ1n) is 7.37. The SMILES string of the molecule is Cc1cc(C)cc(N(CC(=O)Nc2ccc(Cl)c(Cl)c2)S(C)(=O)=O)c1. The number of sulfonamides is 1. The molecule has 0 atom stereocenters. The Morgan fingerprint density at radius 1 is 1.04 bits per heavy atom. The lowest BCUT2D eigenvalue weighted by molar-refractivity contribution is -0.114. The van der Waals surface area contributed by atoms with Gasteiger partial charge in [-0.25, -0.2) is 8.42 Å². The van der Waals surface area contributed by atoms with E-state index < -0.39 is 15.9 Å². The highest BCUT2D eigenvalue weighted by Gasteiger charge is 2.21. The highest BCUT2D eigenvalue weighted by molar-refractivity contribution is 7.92. The fourth-order valence-corrected chi connectivity index (χ4v) is 3.54. The third-order valence-electron chi connectivity index (χ3n) is 3.39. The van der Waals surface area contributed by atoms with Crippen molar-refractivity contribution >= 4 is 50.5 Å². The van der Waals surface area contributed by atoms with Gasteiger partial charge in [0.1, 0.15) is 6.54 Å². The molecule has 25 heavy (non-hydrogen) atoms. The van der Waals surface area contributed by atoms with E-state index in [1.807, 2.05) is 19.9 Å². The van der Waals surface area contributed by atoms with E-state index in [-0.39, 0.29) is 6.54 Å². The quantitative estimate of drug-likeness (QED) is 0.823. The number of nitrogens with one attached hydrogen (secondary N) is 1. The fourth-order valence-electron chi connectivity index (χ4n) is 2.40. The van der Waals surface area contributed by atoms with Gasteiger partial charge >= 0.3 is 0 Å². The second-order valence-electron chi connectivity index (χ2n) is 5.79. The topological polar surface area (TPSA) is 66.5 Å². The average Bonchev–Trinajstić information content (AvgIpc) is 2.46. The van der Waals surface area contributed by atoms with Crippen molar-refractivity contribution in [3.05, 3.63) is 57.6 Å². The van der Waals surface area contributed by atoms with Crippen LogP contribution in [0.5, 0.6) is 0 Å². The summed E-state index contributed by atoms with van der Waals surface area (Å²) in [5.74, 6) is -0.483. The zero-order valence-corrected chi connectivity index (χ0v) is 16.3. The Bertz CT molecular complexity index is 894. The molecule has 2 aromatic carbocycles. The zero-order chi connectivity index (χ0) is 18.8. The minimum absolute atomic E-state index is 0.300. The predicted molar refractivity (Wildman–Crippen MR) is 103 cm³/mol. The van der Waals surface area contributed by atoms with Crippen molar-refractivity contribution in [3.63, 3.8) is 0 Å². The van der Waals surface area contributed by atoms with Gasteiger partial charge in [0.15, 0.2) is 0 Å². The average molecular weight is 401 g/mol. The van der Waals surface area contributed by atoms with Crippen molar-refractivity contribution in [2.75, 3.05) is 22.4 Å². The van der Waals surface area contributed by atoms with Crippen LogP contribution in [0.3, 0.4) is 0 Å². The maximum atomic E-state index is 12.3. The van der Waals surface area contributed by atoms with Crippen LogP contribution < -0.4 is 9.62 Å². The van der Waals surface area contributed by atoms with Crippen molar-refractivity contribution in [2.45, 2.75) is 13.8 Å². The second-order valence-corrected chi connectivity index (χ2v) is 8.51. The molecule has 134 valence electrons. The van der Waals surface area contributed by atoms with E-state index in [2.05, 4.69) is 5.32 Å². The zero-order valence-electron chi connectivity index (χ0n) is 14.0. The van der Waals surface area contributed by atoms with Gasteiger partial charge in [0.25, 0.3) is 0 Å². The molecule has 2 rings (SSSR count). The normalized spacial score (nSPS) is 11.2. The highest BCUT2D eigenvalue weighted by atomic mass is 35.5. The van der Waals surface area contributed by atoms with Crippen molar-refractivity contribution in [2.24, 2.45) is 0 Å². The number of rotatable bonds is 5. The van der Waals surface area contributed by atoms with Crippen LogP contribution in [0, 0.1) is 13.8 Å². The second kappa shape index (κ2) is 7.64. The fraction of sp³-hybridized carbons (Fsp3) is 0.235. The van der Waals surface area contributed by atoms with Gasteiger partial charge < -0.3 is 5.32 Å². The first-order chi connectivity index (χ1) is 11.6. The molecule has 0 aromatic heterocycles. The number of amides is 1. The molecule has 0 radical (unpaired) electrons. The van der Waals surface area contributed by atoms with Gasteiger partial charge in [-0.1, -0.05) is 29.3 Å². The van der Waals surface area contributed by atoms with Gasteiger partial charge in [0.05, 0.1) is 22.0 Å². The molecule has 0 saturated heterocycles. The first kappa shape index (κ1) is 19.6. The minimum Gasteiger partial charge on any atom is -0.324 e. The van der Waals surface area contributed by atoms with Crippen LogP contribution in [0.2, 0.25) is 10.0 Å². The number of halogens is 2. The Labute approximate surface area is 157 Å². The lowest BCUT2D eigenvalue weighted by Crippen LogP contribution is -2.37. The van der Waals surface area contributed by atoms with Crippen LogP contribution in [-0.2, 0) is 14.8 Å². The van der Waals surface area contributed by atoms with E-state index in [0.29, 0.717) is 21.4 Å². The van der Waals surface area contributed by atoms with Crippen LogP contribution in [0.1, 0.15) is 11.1 Å². The molecule has 0 spiro atoms. The predicted octanol–water partition coefficient (Wildman–Crippen LogP) is 4.01. The molecule has 1 N–H and O–H groups in total. The van der Waals surface area contributed by atoms with Gasteiger partial charge in [-0.15, -0.1) is 0 Å². The Kier molecular flexibility index (Phi) is 5.98. The Balaban J connectivity index is 2.25. The summed E-state index contributed by atoms with van der Waals surface area (Å²) in [6.45, 7) is 3.39. The number of nitrogens with zero attached hydrogens (tertiary/aromatic N) is 1. The van der Waals surface area contributed by atoms with Gasteiger partial charge in [0.2, 0.25) is 15.9 Å². The van der Waals surface area contributed by atoms with E-state index in [0.717, 1.165) is 21.7 Å². The molecule has 8 heteroatoms. The van der Waals surface area contributed by atoms with E-state index in [4.69, 9.17) is 23.2 Å². The van der Waals surface area contributed by atoms with E-state index in [1.165, 1.54) is 6.07 Å². The molecule has 0 fully saturated rings. The summed E-state index contributed by atoms with van der Waals surface area (Å²) in [7, 11) is -3.63. The molecular formula is C17H18Cl2N2O3S. The lowest BCUT2D eigenvalue weighted by Gasteiger charge is -2.23. The molecule has 2 aromatic rings. The largest absolute Gasteiger partial charge is 0.324 e. The first-order valence-corrected chi connectivity index (χ1v) is 9.97. The number of carbonyl (C=O) groups excluding carboxylic acids is 1. The molecule has 0 heterocycles. The highest BCUT2D eigenvalue weighted by Crippen LogP contribution is 2.25. The monoisotopic (exact) mass is 400 g/mol. The van der Waals surface area contributed by atoms with E-state index >= 15 is 0 Å². The molecular weight excluding hydrogens is 383 g/mol. The third-order valence-corrected chi connectivity index (χ3v) is 5.26. The van der Waals surface area contributed by atoms with Gasteiger partial charge in [-0.05, 0) is 55.3 Å². The van der Waals surface area contributed by atoms with Crippen LogP contribution in [0.15, 0.2) is 36.4 Å². The minimum atomic E-state index is -3.63. The molecule has 1 amide bonds. The summed E-state index contributed by atoms with van der Waals surface area (Å²) in [4.78, 5) is 12.3. The Hall–Kier alpha value is -1.76. The standard InChI is InChI=1S/C17H18Cl2N2O3S/c1-11-6-12(2)8-14(7-11)21(25(3,23)24)10-17(22)20-13-4-5-15(18)16(19)9-13/h4-9H,10H2,1-3H3,(H,20,22). The lowest BCUT2D eigenvalue weighted by atomic mass is 10.1. The number of anilines is 2. The molecule has 0 saturated carbocycles. The van der Waals surface area contributed by atoms with Gasteiger partial charge in [-0.3, -0.25) is 9.10 Å². The maximum Gasteiger partial charge on any atom is 0.245 e. The van der Waals surface area contributed by atoms with Crippen LogP contribution in [0.25, 0.3) is 0 Å². The number of hydrogen-bond acceptors (Lipinski definition) is 3. The maximum absolute atomic E-state index is 12.3. The van der Waals surface area contributed by atoms with Crippen LogP contribution in [-0.4, -0.2) is 27.1 Å². The number of carbonyl (C=O) groups is 1. The number of hydrogen-bond donors (Lipinski definition) is 1. The van der Waals surface area contributed by atoms with Gasteiger partial charge in [-0.2, -0.15) is 0 Å². The summed E-state index contributed by atoms with van der Waals surface area (Å²) < 4.78 is 25.4. The van der Waals surface area contributed by atoms with Crippen molar-refractivity contribution in [3.8, 4) is 0 Å². The molecule has 0 aliphatic heterocycles. The molecule has 0 unspecified atom stereocenters. The van der Waals surface area contributed by atoms with E-state index in [1.54, 1.807) is 24.3 Å². The van der Waals surface area contributed by atoms with Gasteiger partial charge in [0, 0.05) is 5.69 Å².